The van der Waals surface area contributed by atoms with E-state index in [2.05, 4.69) is 11.8 Å². The molecule has 40 heavy (non-hydrogen) atoms. The van der Waals surface area contributed by atoms with E-state index in [1.54, 1.807) is 0 Å². The lowest BCUT2D eigenvalue weighted by Crippen LogP contribution is -2.45. The monoisotopic (exact) mass is 596 g/mol. The van der Waals surface area contributed by atoms with Gasteiger partial charge in [0.15, 0.2) is 11.9 Å². The first-order chi connectivity index (χ1) is 19.0. The molecule has 0 bridgehead atoms. The van der Waals surface area contributed by atoms with E-state index >= 15 is 0 Å². The Balaban J connectivity index is 3.92. The van der Waals surface area contributed by atoms with Gasteiger partial charge in [0, 0.05) is 6.42 Å². The number of quaternary nitrogens is 1. The van der Waals surface area contributed by atoms with E-state index in [9.17, 15) is 14.3 Å². The van der Waals surface area contributed by atoms with Crippen LogP contribution in [-0.4, -0.2) is 78.6 Å². The number of phosphoric acid groups is 1. The number of hydrogen-bond donors (Lipinski definition) is 3. The van der Waals surface area contributed by atoms with Crippen molar-refractivity contribution in [3.05, 3.63) is 0 Å². The Hall–Kier alpha value is -0.380. The molecule has 0 aromatic heterocycles. The fourth-order valence-electron chi connectivity index (χ4n) is 4.72. The summed E-state index contributed by atoms with van der Waals surface area (Å²) in [5, 5.41) is 17.6. The van der Waals surface area contributed by atoms with E-state index in [4.69, 9.17) is 19.4 Å². The molecule has 0 spiro atoms. The first kappa shape index (κ1) is 39.6. The van der Waals surface area contributed by atoms with Gasteiger partial charge in [0.05, 0.1) is 34.4 Å². The third-order valence-corrected chi connectivity index (χ3v) is 8.13. The summed E-state index contributed by atoms with van der Waals surface area (Å²) < 4.78 is 22.7. The molecule has 0 rings (SSSR count). The summed E-state index contributed by atoms with van der Waals surface area (Å²) >= 11 is 0. The molecule has 0 fully saturated rings. The molecule has 0 heterocycles. The molecule has 3 N–H and O–H groups in total. The zero-order valence-corrected chi connectivity index (χ0v) is 27.1. The second-order valence-electron chi connectivity index (χ2n) is 12.3. The van der Waals surface area contributed by atoms with Crippen LogP contribution < -0.4 is 0 Å². The van der Waals surface area contributed by atoms with Crippen molar-refractivity contribution in [3.8, 4) is 0 Å². The van der Waals surface area contributed by atoms with Crippen molar-refractivity contribution in [2.75, 3.05) is 40.9 Å². The molecule has 0 saturated carbocycles. The van der Waals surface area contributed by atoms with E-state index in [0.29, 0.717) is 4.48 Å². The Morgan fingerprint density at radius 2 is 1.15 bits per heavy atom. The molecule has 3 atom stereocenters. The quantitative estimate of drug-likeness (QED) is 0.0257. The third kappa shape index (κ3) is 25.3. The van der Waals surface area contributed by atoms with Gasteiger partial charge < -0.3 is 14.5 Å². The van der Waals surface area contributed by atoms with Crippen molar-refractivity contribution in [2.45, 2.75) is 148 Å². The van der Waals surface area contributed by atoms with Crippen LogP contribution in [0, 0.1) is 0 Å². The molecule has 0 aromatic rings. The van der Waals surface area contributed by atoms with Gasteiger partial charge >= 0.3 is 7.82 Å². The number of rotatable bonds is 30. The molecule has 9 nitrogen and oxygen atoms in total. The number of ketones is 1. The Morgan fingerprint density at radius 1 is 0.750 bits per heavy atom. The lowest BCUT2D eigenvalue weighted by Gasteiger charge is -2.29. The van der Waals surface area contributed by atoms with E-state index in [-0.39, 0.29) is 18.7 Å². The van der Waals surface area contributed by atoms with Crippen molar-refractivity contribution in [3.63, 3.8) is 0 Å². The highest BCUT2D eigenvalue weighted by atomic mass is 31.2. The SMILES string of the molecule is CCCCCCCCCCCCCCCCCCCCCC(=O)C(C[N+](C)(C)C)OP(=O)(O)OC[C@@H](CO)OO. The molecule has 0 saturated heterocycles. The van der Waals surface area contributed by atoms with Gasteiger partial charge in [0.25, 0.3) is 0 Å². The second kappa shape index (κ2) is 25.1. The summed E-state index contributed by atoms with van der Waals surface area (Å²) in [7, 11) is 1.02. The summed E-state index contributed by atoms with van der Waals surface area (Å²) in [6, 6.07) is 0. The standard InChI is InChI=1S/C30H62NO8P/c1-5-6-7-8-9-10-11-12-13-14-15-16-17-18-19-20-21-22-23-24-29(33)30(25-31(2,3)4)39-40(35,36)37-27-28(26-32)38-34/h28,30,32H,5-27H2,1-4H3,(H-,34,35,36)/p+1/t28-,30?/m1/s1. The number of aliphatic hydroxyl groups is 1. The number of Topliss-reactive ketones (excluding diaryl/α,β-unsaturated/α-hetero) is 1. The molecule has 240 valence electrons. The van der Waals surface area contributed by atoms with Crippen molar-refractivity contribution in [2.24, 2.45) is 0 Å². The van der Waals surface area contributed by atoms with Crippen LogP contribution >= 0.6 is 7.82 Å². The molecule has 0 aliphatic rings. The molecule has 0 radical (unpaired) electrons. The van der Waals surface area contributed by atoms with E-state index < -0.39 is 33.2 Å². The maximum absolute atomic E-state index is 12.8. The van der Waals surface area contributed by atoms with Crippen LogP contribution in [-0.2, 0) is 23.3 Å². The van der Waals surface area contributed by atoms with Crippen LogP contribution in [0.15, 0.2) is 0 Å². The van der Waals surface area contributed by atoms with Crippen molar-refractivity contribution < 1.29 is 43.0 Å². The van der Waals surface area contributed by atoms with Crippen LogP contribution in [0.1, 0.15) is 135 Å². The predicted molar refractivity (Wildman–Crippen MR) is 161 cm³/mol. The van der Waals surface area contributed by atoms with Crippen LogP contribution in [0.5, 0.6) is 0 Å². The molecule has 0 aliphatic carbocycles. The number of nitrogens with zero attached hydrogens (tertiary/aromatic N) is 1. The summed E-state index contributed by atoms with van der Waals surface area (Å²) in [5.41, 5.74) is 0. The van der Waals surface area contributed by atoms with E-state index in [0.717, 1.165) is 19.3 Å². The molecule has 0 amide bonds. The third-order valence-electron chi connectivity index (χ3n) is 7.14. The number of likely N-dealkylation sites (N-methyl/N-ethyl adjacent to an activating group) is 1. The average Bonchev–Trinajstić information content (AvgIpc) is 2.89. The molecular formula is C30H63NO8P+. The number of phosphoric ester groups is 1. The van der Waals surface area contributed by atoms with Gasteiger partial charge in [0.1, 0.15) is 12.6 Å². The van der Waals surface area contributed by atoms with Crippen molar-refractivity contribution in [1.29, 1.82) is 0 Å². The molecule has 2 unspecified atom stereocenters. The Morgan fingerprint density at radius 3 is 1.50 bits per heavy atom. The fraction of sp³-hybridized carbons (Fsp3) is 0.967. The summed E-state index contributed by atoms with van der Waals surface area (Å²) in [6.07, 6.45) is 22.4. The van der Waals surface area contributed by atoms with Gasteiger partial charge in [-0.05, 0) is 6.42 Å². The minimum atomic E-state index is -4.58. The van der Waals surface area contributed by atoms with Gasteiger partial charge in [-0.3, -0.25) is 19.1 Å². The van der Waals surface area contributed by atoms with Crippen LogP contribution in [0.4, 0.5) is 0 Å². The number of carbonyl (C=O) groups is 1. The summed E-state index contributed by atoms with van der Waals surface area (Å²) in [6.45, 7) is 1.33. The van der Waals surface area contributed by atoms with E-state index in [1.807, 2.05) is 21.1 Å². The second-order valence-corrected chi connectivity index (χ2v) is 13.7. The van der Waals surface area contributed by atoms with Gasteiger partial charge in [-0.25, -0.2) is 9.45 Å². The lowest BCUT2D eigenvalue weighted by molar-refractivity contribution is -0.872. The Bertz CT molecular complexity index is 640. The highest BCUT2D eigenvalue weighted by molar-refractivity contribution is 7.47. The maximum Gasteiger partial charge on any atom is 0.473 e. The highest BCUT2D eigenvalue weighted by Crippen LogP contribution is 2.45. The van der Waals surface area contributed by atoms with Gasteiger partial charge in [-0.15, -0.1) is 0 Å². The number of unbranched alkanes of at least 4 members (excludes halogenated alkanes) is 18. The predicted octanol–water partition coefficient (Wildman–Crippen LogP) is 7.44. The molecule has 10 heteroatoms. The topological polar surface area (TPSA) is 123 Å². The number of aliphatic hydroxyl groups excluding tert-OH is 1. The first-order valence-electron chi connectivity index (χ1n) is 15.9. The maximum atomic E-state index is 12.8. The molecular weight excluding hydrogens is 533 g/mol. The fourth-order valence-corrected chi connectivity index (χ4v) is 5.64. The van der Waals surface area contributed by atoms with Crippen LogP contribution in [0.25, 0.3) is 0 Å². The van der Waals surface area contributed by atoms with E-state index in [1.165, 1.54) is 103 Å². The van der Waals surface area contributed by atoms with Crippen LogP contribution in [0.2, 0.25) is 0 Å². The van der Waals surface area contributed by atoms with Gasteiger partial charge in [-0.2, -0.15) is 0 Å². The smallest absolute Gasteiger partial charge is 0.393 e. The first-order valence-corrected chi connectivity index (χ1v) is 17.4. The average molecular weight is 597 g/mol. The number of hydrogen-bond acceptors (Lipinski definition) is 7. The zero-order valence-electron chi connectivity index (χ0n) is 26.2. The highest BCUT2D eigenvalue weighted by Gasteiger charge is 2.35. The van der Waals surface area contributed by atoms with Crippen LogP contribution in [0.3, 0.4) is 0 Å². The zero-order chi connectivity index (χ0) is 30.1. The van der Waals surface area contributed by atoms with Gasteiger partial charge in [0.2, 0.25) is 0 Å². The summed E-state index contributed by atoms with van der Waals surface area (Å²) in [4.78, 5) is 26.8. The largest absolute Gasteiger partial charge is 0.473 e. The molecule has 0 aromatic carbocycles. The Kier molecular flexibility index (Phi) is 24.9. The summed E-state index contributed by atoms with van der Waals surface area (Å²) in [5.74, 6) is -0.227. The molecule has 0 aliphatic heterocycles. The Labute approximate surface area is 245 Å². The number of carbonyl (C=O) groups excluding carboxylic acids is 1. The lowest BCUT2D eigenvalue weighted by atomic mass is 10.0. The van der Waals surface area contributed by atoms with Gasteiger partial charge in [-0.1, -0.05) is 122 Å². The van der Waals surface area contributed by atoms with Crippen molar-refractivity contribution in [1.82, 2.24) is 0 Å². The minimum absolute atomic E-state index is 0.214. The van der Waals surface area contributed by atoms with Crippen molar-refractivity contribution >= 4 is 13.6 Å². The minimum Gasteiger partial charge on any atom is -0.393 e. The normalized spacial score (nSPS) is 15.2.